The molecular formula is C22H19N2O4+. The third-order valence-corrected chi connectivity index (χ3v) is 4.59. The lowest BCUT2D eigenvalue weighted by atomic mass is 9.95. The number of ether oxygens (including phenoxy) is 2. The van der Waals surface area contributed by atoms with Crippen LogP contribution in [0, 0.1) is 0 Å². The van der Waals surface area contributed by atoms with E-state index in [1.807, 2.05) is 48.5 Å². The zero-order valence-electron chi connectivity index (χ0n) is 15.2. The van der Waals surface area contributed by atoms with Gasteiger partial charge in [-0.15, -0.1) is 0 Å². The van der Waals surface area contributed by atoms with Crippen LogP contribution in [-0.4, -0.2) is 12.0 Å². The van der Waals surface area contributed by atoms with Gasteiger partial charge in [0.15, 0.2) is 0 Å². The molecule has 1 aliphatic rings. The molecule has 2 unspecified atom stereocenters. The Morgan fingerprint density at radius 3 is 2.04 bits per heavy atom. The topological polar surface area (TPSA) is 69.1 Å². The van der Waals surface area contributed by atoms with E-state index < -0.39 is 17.6 Å². The van der Waals surface area contributed by atoms with Gasteiger partial charge in [-0.05, 0) is 43.3 Å². The summed E-state index contributed by atoms with van der Waals surface area (Å²) in [7, 11) is 0. The second kappa shape index (κ2) is 7.17. The van der Waals surface area contributed by atoms with Gasteiger partial charge in [0, 0.05) is 5.56 Å². The average molecular weight is 375 g/mol. The van der Waals surface area contributed by atoms with Crippen LogP contribution in [0.2, 0.25) is 0 Å². The van der Waals surface area contributed by atoms with Crippen molar-refractivity contribution in [1.29, 1.82) is 0 Å². The Morgan fingerprint density at radius 2 is 1.39 bits per heavy atom. The Bertz CT molecular complexity index is 990. The number of rotatable bonds is 5. The van der Waals surface area contributed by atoms with Gasteiger partial charge in [-0.25, -0.2) is 10.2 Å². The molecule has 2 amide bonds. The van der Waals surface area contributed by atoms with Crippen LogP contribution in [0.15, 0.2) is 84.9 Å². The van der Waals surface area contributed by atoms with Crippen molar-refractivity contribution in [3.05, 3.63) is 90.5 Å². The van der Waals surface area contributed by atoms with Crippen LogP contribution in [0.3, 0.4) is 0 Å². The number of imide groups is 1. The summed E-state index contributed by atoms with van der Waals surface area (Å²) in [5.41, 5.74) is 2.73. The lowest BCUT2D eigenvalue weighted by Crippen LogP contribution is -3.18. The highest BCUT2D eigenvalue weighted by atomic mass is 16.6. The van der Waals surface area contributed by atoms with Gasteiger partial charge in [0.25, 0.3) is 5.60 Å². The van der Waals surface area contributed by atoms with E-state index in [0.29, 0.717) is 22.7 Å². The van der Waals surface area contributed by atoms with Crippen molar-refractivity contribution in [1.82, 2.24) is 0 Å². The number of amides is 2. The van der Waals surface area contributed by atoms with Crippen molar-refractivity contribution < 1.29 is 24.1 Å². The van der Waals surface area contributed by atoms with E-state index in [2.05, 4.69) is 5.43 Å². The fraction of sp³-hybridized carbons (Fsp3) is 0.0909. The molecule has 1 aliphatic heterocycles. The molecule has 3 aromatic rings. The number of carbonyl (C=O) groups excluding carboxylic acids is 2. The number of alkyl carbamates (subject to hydrolysis) is 1. The van der Waals surface area contributed by atoms with E-state index in [4.69, 9.17) is 9.47 Å². The minimum atomic E-state index is -1.38. The maximum Gasteiger partial charge on any atom is 0.549 e. The highest BCUT2D eigenvalue weighted by Crippen LogP contribution is 2.30. The molecule has 140 valence electrons. The molecule has 6 heteroatoms. The second-order valence-corrected chi connectivity index (χ2v) is 6.56. The molecule has 0 radical (unpaired) electrons. The Balaban J connectivity index is 1.53. The Kier molecular flexibility index (Phi) is 4.55. The maximum absolute atomic E-state index is 12.9. The highest BCUT2D eigenvalue weighted by Gasteiger charge is 2.58. The van der Waals surface area contributed by atoms with E-state index in [1.165, 1.54) is 0 Å². The van der Waals surface area contributed by atoms with E-state index in [9.17, 15) is 9.59 Å². The lowest BCUT2D eigenvalue weighted by molar-refractivity contribution is -0.703. The van der Waals surface area contributed by atoms with Crippen LogP contribution in [0.4, 0.5) is 10.5 Å². The smallest absolute Gasteiger partial charge is 0.457 e. The molecule has 2 N–H and O–H groups in total. The standard InChI is InChI=1S/C22H18N2O4/c1-22(16-12-14-19(15-13-16)27-18-10-6-3-7-11-18)20(25)24(21(26)28-22)23-17-8-4-2-5-9-17/h2-15,23H,1H3/p+1. The lowest BCUT2D eigenvalue weighted by Gasteiger charge is -2.17. The summed E-state index contributed by atoms with van der Waals surface area (Å²) in [4.78, 5) is 25.3. The van der Waals surface area contributed by atoms with Crippen LogP contribution in [0.25, 0.3) is 0 Å². The summed E-state index contributed by atoms with van der Waals surface area (Å²) in [5.74, 6) is 0.938. The first kappa shape index (κ1) is 17.8. The molecule has 2 atom stereocenters. The summed E-state index contributed by atoms with van der Waals surface area (Å²) in [6.07, 6.45) is -0.666. The van der Waals surface area contributed by atoms with Crippen LogP contribution < -0.4 is 15.2 Å². The third kappa shape index (κ3) is 3.33. The predicted molar refractivity (Wildman–Crippen MR) is 103 cm³/mol. The van der Waals surface area contributed by atoms with Gasteiger partial charge in [0.1, 0.15) is 11.5 Å². The second-order valence-electron chi connectivity index (χ2n) is 6.56. The molecule has 3 aromatic carbocycles. The van der Waals surface area contributed by atoms with Crippen molar-refractivity contribution in [3.8, 4) is 11.5 Å². The molecule has 1 saturated heterocycles. The molecule has 1 heterocycles. The normalized spacial score (nSPS) is 21.2. The number of nitrogens with one attached hydrogen (secondary N) is 2. The SMILES string of the molecule is CC1(c2ccc(Oc3ccccc3)cc2)OC(=O)[NH+](Nc2ccccc2)C1=O. The van der Waals surface area contributed by atoms with Crippen molar-refractivity contribution in [2.24, 2.45) is 0 Å². The van der Waals surface area contributed by atoms with Crippen molar-refractivity contribution in [2.75, 3.05) is 5.43 Å². The van der Waals surface area contributed by atoms with Gasteiger partial charge >= 0.3 is 12.0 Å². The van der Waals surface area contributed by atoms with Crippen LogP contribution in [-0.2, 0) is 15.1 Å². The zero-order valence-corrected chi connectivity index (χ0v) is 15.2. The van der Waals surface area contributed by atoms with Crippen LogP contribution in [0.1, 0.15) is 12.5 Å². The number of para-hydroxylation sites is 2. The third-order valence-electron chi connectivity index (χ3n) is 4.59. The van der Waals surface area contributed by atoms with E-state index in [-0.39, 0.29) is 5.01 Å². The summed E-state index contributed by atoms with van der Waals surface area (Å²) in [6.45, 7) is 1.60. The minimum Gasteiger partial charge on any atom is -0.457 e. The summed E-state index contributed by atoms with van der Waals surface area (Å²) < 4.78 is 11.2. The van der Waals surface area contributed by atoms with E-state index in [0.717, 1.165) is 0 Å². The molecule has 4 rings (SSSR count). The number of quaternary nitrogens is 1. The molecule has 0 bridgehead atoms. The molecule has 28 heavy (non-hydrogen) atoms. The molecular weight excluding hydrogens is 356 g/mol. The Morgan fingerprint density at radius 1 is 0.821 bits per heavy atom. The monoisotopic (exact) mass is 375 g/mol. The van der Waals surface area contributed by atoms with E-state index >= 15 is 0 Å². The van der Waals surface area contributed by atoms with Gasteiger partial charge in [-0.2, -0.15) is 4.79 Å². The molecule has 0 aliphatic carbocycles. The Hall–Kier alpha value is -3.64. The van der Waals surface area contributed by atoms with E-state index in [1.54, 1.807) is 43.3 Å². The summed E-state index contributed by atoms with van der Waals surface area (Å²) in [6, 6.07) is 25.4. The minimum absolute atomic E-state index is 0.0710. The first-order valence-corrected chi connectivity index (χ1v) is 8.87. The average Bonchev–Trinajstić information content (AvgIpc) is 2.94. The molecule has 0 aromatic heterocycles. The Labute approximate surface area is 162 Å². The number of hydrogen-bond donors (Lipinski definition) is 2. The van der Waals surface area contributed by atoms with Crippen molar-refractivity contribution in [3.63, 3.8) is 0 Å². The van der Waals surface area contributed by atoms with Crippen molar-refractivity contribution in [2.45, 2.75) is 12.5 Å². The molecule has 1 fully saturated rings. The fourth-order valence-corrected chi connectivity index (χ4v) is 3.04. The molecule has 0 spiro atoms. The van der Waals surface area contributed by atoms with Gasteiger partial charge < -0.3 is 9.47 Å². The van der Waals surface area contributed by atoms with Gasteiger partial charge in [-0.1, -0.05) is 53.5 Å². The number of hydrogen-bond acceptors (Lipinski definition) is 5. The quantitative estimate of drug-likeness (QED) is 0.716. The summed E-state index contributed by atoms with van der Waals surface area (Å²) in [5, 5.41) is -0.0710. The zero-order chi connectivity index (χ0) is 19.6. The number of carbonyl (C=O) groups is 2. The maximum atomic E-state index is 12.9. The molecule has 6 nitrogen and oxygen atoms in total. The first-order chi connectivity index (χ1) is 13.6. The summed E-state index contributed by atoms with van der Waals surface area (Å²) >= 11 is 0. The van der Waals surface area contributed by atoms with Crippen molar-refractivity contribution >= 4 is 17.7 Å². The van der Waals surface area contributed by atoms with Crippen LogP contribution >= 0.6 is 0 Å². The van der Waals surface area contributed by atoms with Gasteiger partial charge in [0.05, 0.1) is 5.69 Å². The number of anilines is 1. The number of cyclic esters (lactones) is 1. The first-order valence-electron chi connectivity index (χ1n) is 8.87. The number of benzene rings is 3. The van der Waals surface area contributed by atoms with Crippen LogP contribution in [0.5, 0.6) is 11.5 Å². The van der Waals surface area contributed by atoms with Gasteiger partial charge in [-0.3, -0.25) is 0 Å². The molecule has 0 saturated carbocycles. The van der Waals surface area contributed by atoms with Gasteiger partial charge in [0.2, 0.25) is 0 Å². The highest BCUT2D eigenvalue weighted by molar-refractivity contribution is 5.91. The fourth-order valence-electron chi connectivity index (χ4n) is 3.04. The predicted octanol–water partition coefficient (Wildman–Crippen LogP) is 3.28. The largest absolute Gasteiger partial charge is 0.549 e.